The van der Waals surface area contributed by atoms with Crippen molar-refractivity contribution in [3.05, 3.63) is 80.0 Å². The Hall–Kier alpha value is -3.28. The topological polar surface area (TPSA) is 89.3 Å². The minimum atomic E-state index is -0.544. The first-order valence-corrected chi connectivity index (χ1v) is 7.43. The molecule has 0 radical (unpaired) electrons. The van der Waals surface area contributed by atoms with Crippen molar-refractivity contribution in [1.29, 1.82) is 0 Å². The Balaban J connectivity index is 1.79. The number of carbonyl (C=O) groups is 2. The molecule has 1 heterocycles. The lowest BCUT2D eigenvalue weighted by atomic mass is 10.0. The average Bonchev–Trinajstić information content (AvgIpc) is 3.05. The van der Waals surface area contributed by atoms with E-state index in [0.717, 1.165) is 11.1 Å². The molecule has 1 aliphatic heterocycles. The number of ketones is 2. The number of benzene rings is 2. The first-order chi connectivity index (χ1) is 11.5. The Morgan fingerprint density at radius 2 is 1.83 bits per heavy atom. The summed E-state index contributed by atoms with van der Waals surface area (Å²) in [6.45, 7) is 1.91. The zero-order chi connectivity index (χ0) is 17.0. The van der Waals surface area contributed by atoms with E-state index in [-0.39, 0.29) is 28.5 Å². The van der Waals surface area contributed by atoms with Gasteiger partial charge in [-0.05, 0) is 24.6 Å². The zero-order valence-electron chi connectivity index (χ0n) is 12.8. The van der Waals surface area contributed by atoms with E-state index in [1.54, 1.807) is 0 Å². The Labute approximate surface area is 137 Å². The fourth-order valence-electron chi connectivity index (χ4n) is 3.17. The number of fused-ring (bicyclic) bond motifs is 2. The summed E-state index contributed by atoms with van der Waals surface area (Å²) in [5.41, 5.74) is 3.71. The van der Waals surface area contributed by atoms with Crippen molar-refractivity contribution in [3.63, 3.8) is 0 Å². The van der Waals surface area contributed by atoms with Crippen LogP contribution in [0.5, 0.6) is 0 Å². The van der Waals surface area contributed by atoms with E-state index in [1.165, 1.54) is 18.2 Å². The van der Waals surface area contributed by atoms with Gasteiger partial charge in [0, 0.05) is 29.7 Å². The van der Waals surface area contributed by atoms with E-state index in [1.807, 2.05) is 25.1 Å². The van der Waals surface area contributed by atoms with Crippen LogP contribution in [-0.2, 0) is 6.42 Å². The molecule has 0 aromatic heterocycles. The summed E-state index contributed by atoms with van der Waals surface area (Å²) in [6, 6.07) is 9.73. The summed E-state index contributed by atoms with van der Waals surface area (Å²) in [7, 11) is 0. The van der Waals surface area contributed by atoms with Crippen LogP contribution in [0, 0.1) is 17.0 Å². The number of anilines is 1. The molecule has 0 unspecified atom stereocenters. The normalized spacial score (nSPS) is 18.4. The maximum absolute atomic E-state index is 12.6. The molecule has 0 amide bonds. The van der Waals surface area contributed by atoms with E-state index >= 15 is 0 Å². The molecule has 24 heavy (non-hydrogen) atoms. The minimum Gasteiger partial charge on any atom is -0.351 e. The van der Waals surface area contributed by atoms with E-state index in [2.05, 4.69) is 5.32 Å². The summed E-state index contributed by atoms with van der Waals surface area (Å²) in [5, 5.41) is 13.8. The molecular formula is C18H12N2O4. The van der Waals surface area contributed by atoms with Gasteiger partial charge < -0.3 is 5.32 Å². The number of non-ortho nitro benzene ring substituents is 1. The minimum absolute atomic E-state index is 0.146. The number of carbonyl (C=O) groups excluding carboxylic acids is 2. The number of hydrogen-bond donors (Lipinski definition) is 1. The number of aryl methyl sites for hydroxylation is 1. The molecule has 0 saturated heterocycles. The Kier molecular flexibility index (Phi) is 2.90. The highest BCUT2D eigenvalue weighted by molar-refractivity contribution is 6.25. The van der Waals surface area contributed by atoms with E-state index in [9.17, 15) is 19.7 Å². The molecule has 6 nitrogen and oxygen atoms in total. The molecule has 118 valence electrons. The summed E-state index contributed by atoms with van der Waals surface area (Å²) in [4.78, 5) is 35.6. The van der Waals surface area contributed by atoms with Crippen LogP contribution in [0.25, 0.3) is 0 Å². The molecule has 1 aliphatic carbocycles. The Morgan fingerprint density at radius 3 is 2.58 bits per heavy atom. The second-order valence-electron chi connectivity index (χ2n) is 5.96. The number of rotatable bonds is 1. The molecule has 0 bridgehead atoms. The lowest BCUT2D eigenvalue weighted by Gasteiger charge is -2.02. The molecular weight excluding hydrogens is 308 g/mol. The van der Waals surface area contributed by atoms with Crippen molar-refractivity contribution < 1.29 is 14.5 Å². The van der Waals surface area contributed by atoms with Crippen LogP contribution in [0.4, 0.5) is 11.4 Å². The third kappa shape index (κ3) is 1.96. The predicted octanol–water partition coefficient (Wildman–Crippen LogP) is 3.20. The van der Waals surface area contributed by atoms with Crippen LogP contribution in [0.3, 0.4) is 0 Å². The summed E-state index contributed by atoms with van der Waals surface area (Å²) >= 11 is 0. The molecule has 1 N–H and O–H groups in total. The van der Waals surface area contributed by atoms with Gasteiger partial charge in [-0.3, -0.25) is 19.7 Å². The van der Waals surface area contributed by atoms with Crippen LogP contribution in [0.15, 0.2) is 47.7 Å². The van der Waals surface area contributed by atoms with Gasteiger partial charge in [0.15, 0.2) is 5.78 Å². The van der Waals surface area contributed by atoms with Crippen LogP contribution in [0.1, 0.15) is 31.8 Å². The van der Waals surface area contributed by atoms with Gasteiger partial charge in [0.1, 0.15) is 0 Å². The van der Waals surface area contributed by atoms with Gasteiger partial charge in [-0.15, -0.1) is 0 Å². The zero-order valence-corrected chi connectivity index (χ0v) is 12.8. The molecule has 2 aromatic rings. The Bertz CT molecular complexity index is 989. The predicted molar refractivity (Wildman–Crippen MR) is 87.3 cm³/mol. The molecule has 2 aliphatic rings. The molecule has 0 atom stereocenters. The summed E-state index contributed by atoms with van der Waals surface area (Å²) in [5.74, 6) is -0.534. The van der Waals surface area contributed by atoms with E-state index in [4.69, 9.17) is 0 Å². The fourth-order valence-corrected chi connectivity index (χ4v) is 3.17. The molecule has 0 spiro atoms. The number of Topliss-reactive ketones (excluding diaryl/α,β-unsaturated/α-hetero) is 2. The van der Waals surface area contributed by atoms with Gasteiger partial charge in [-0.1, -0.05) is 17.7 Å². The monoisotopic (exact) mass is 320 g/mol. The van der Waals surface area contributed by atoms with Gasteiger partial charge in [0.05, 0.1) is 21.9 Å². The number of nitrogens with zero attached hydrogens (tertiary/aromatic N) is 1. The van der Waals surface area contributed by atoms with Gasteiger partial charge >= 0.3 is 0 Å². The third-order valence-corrected chi connectivity index (χ3v) is 4.40. The maximum atomic E-state index is 12.6. The van der Waals surface area contributed by atoms with Crippen molar-refractivity contribution in [3.8, 4) is 0 Å². The fraction of sp³-hybridized carbons (Fsp3) is 0.111. The lowest BCUT2D eigenvalue weighted by Crippen LogP contribution is -2.09. The van der Waals surface area contributed by atoms with Crippen LogP contribution < -0.4 is 5.32 Å². The first kappa shape index (κ1) is 14.3. The number of allylic oxidation sites excluding steroid dienone is 2. The van der Waals surface area contributed by atoms with E-state index < -0.39 is 4.92 Å². The summed E-state index contributed by atoms with van der Waals surface area (Å²) in [6.07, 6.45) is 0.388. The maximum Gasteiger partial charge on any atom is 0.270 e. The van der Waals surface area contributed by atoms with Gasteiger partial charge in [0.2, 0.25) is 5.78 Å². The SMILES string of the molecule is Cc1ccc2c(c1)C(=O)/C(=C1\Nc3ccc([N+](=O)[O-])cc3C1=O)C2. The van der Waals surface area contributed by atoms with Crippen LogP contribution in [-0.4, -0.2) is 16.5 Å². The standard InChI is InChI=1S/C18H12N2O4/c1-9-2-3-10-7-14(17(21)12(10)6-9)16-18(22)13-8-11(20(23)24)4-5-15(13)19-16/h2-6,8,19H,7H2,1H3/b16-14-. The molecule has 4 rings (SSSR count). The average molecular weight is 320 g/mol. The van der Waals surface area contributed by atoms with Crippen molar-refractivity contribution in [1.82, 2.24) is 0 Å². The van der Waals surface area contributed by atoms with Crippen molar-refractivity contribution in [2.45, 2.75) is 13.3 Å². The van der Waals surface area contributed by atoms with Gasteiger partial charge in [-0.2, -0.15) is 0 Å². The largest absolute Gasteiger partial charge is 0.351 e. The van der Waals surface area contributed by atoms with Crippen molar-refractivity contribution >= 4 is 22.9 Å². The number of nitro groups is 1. The highest BCUT2D eigenvalue weighted by Crippen LogP contribution is 2.36. The molecule has 6 heteroatoms. The highest BCUT2D eigenvalue weighted by Gasteiger charge is 2.35. The van der Waals surface area contributed by atoms with Gasteiger partial charge in [-0.25, -0.2) is 0 Å². The third-order valence-electron chi connectivity index (χ3n) is 4.40. The molecule has 0 saturated carbocycles. The van der Waals surface area contributed by atoms with Crippen molar-refractivity contribution in [2.24, 2.45) is 0 Å². The second-order valence-corrected chi connectivity index (χ2v) is 5.96. The molecule has 2 aromatic carbocycles. The van der Waals surface area contributed by atoms with Crippen LogP contribution in [0.2, 0.25) is 0 Å². The first-order valence-electron chi connectivity index (χ1n) is 7.43. The quantitative estimate of drug-likeness (QED) is 0.495. The summed E-state index contributed by atoms with van der Waals surface area (Å²) < 4.78 is 0. The number of hydrogen-bond acceptors (Lipinski definition) is 5. The highest BCUT2D eigenvalue weighted by atomic mass is 16.6. The smallest absolute Gasteiger partial charge is 0.270 e. The molecule has 0 fully saturated rings. The lowest BCUT2D eigenvalue weighted by molar-refractivity contribution is -0.384. The van der Waals surface area contributed by atoms with Gasteiger partial charge in [0.25, 0.3) is 5.69 Å². The van der Waals surface area contributed by atoms with Crippen LogP contribution >= 0.6 is 0 Å². The Morgan fingerprint density at radius 1 is 1.04 bits per heavy atom. The number of nitro benzene ring substituents is 1. The second kappa shape index (κ2) is 4.86. The number of nitrogens with one attached hydrogen (secondary N) is 1. The van der Waals surface area contributed by atoms with E-state index in [0.29, 0.717) is 23.2 Å². The van der Waals surface area contributed by atoms with Crippen molar-refractivity contribution in [2.75, 3.05) is 5.32 Å².